The van der Waals surface area contributed by atoms with Crippen LogP contribution in [-0.2, 0) is 71.0 Å². The number of nitrogens with zero attached hydrogens (tertiary/aromatic N) is 2. The summed E-state index contributed by atoms with van der Waals surface area (Å²) in [6, 6.07) is 8.58. The molecule has 4 aromatic rings. The number of carbonyl (C=O) groups excluding carboxylic acids is 1. The van der Waals surface area contributed by atoms with Crippen LogP contribution in [0.2, 0.25) is 0 Å². The SMILES string of the molecule is COCCN1C(=CC=CC2=[N+](CCCCCC(=O)NN)c3ccc4c(S(=O)(=O)[O-])cc(S(=O)(=O)[O-])cc4c3C2(C)C)C(C)(CCCS(=O)(=O)[O-])c2c1ccc1c(S(=O)(=O)[O-])cc(S(=O)(=O)[O-])cc21. The highest BCUT2D eigenvalue weighted by molar-refractivity contribution is 7.87. The third kappa shape index (κ3) is 10.6. The standard InChI is InChI=1S/C42H50N4O17S5/c1-41(2)36(45(18-7-5-6-12-38(47)44-43)32-15-13-28-30(39(32)41)22-26(65(51,52)53)24-34(28)67(57,58)59)10-8-11-37-42(3,17-9-21-64(48,49)50)40-31-23-27(66(54,55)56)25-35(68(60,61)62)29(31)14-16-33(40)46(37)19-20-63-4/h8,10-11,13-16,22-25H,5-7,9,12,17-21,43H2,1-4H3,(H5-,44,47,48,49,50,51,52,53,54,55,56,57,58,59,60,61,62)/p-4. The van der Waals surface area contributed by atoms with Crippen LogP contribution in [0.15, 0.2) is 92.0 Å². The van der Waals surface area contributed by atoms with Crippen LogP contribution in [0.3, 0.4) is 0 Å². The van der Waals surface area contributed by atoms with Crippen LogP contribution in [0.25, 0.3) is 21.5 Å². The predicted molar refractivity (Wildman–Crippen MR) is 241 cm³/mol. The fourth-order valence-electron chi connectivity index (χ4n) is 9.39. The van der Waals surface area contributed by atoms with Crippen LogP contribution in [0.4, 0.5) is 11.4 Å². The molecule has 0 aromatic heterocycles. The van der Waals surface area contributed by atoms with Crippen molar-refractivity contribution in [3.63, 3.8) is 0 Å². The number of anilines is 1. The number of methoxy groups -OCH3 is 1. The molecule has 370 valence electrons. The lowest BCUT2D eigenvalue weighted by Gasteiger charge is -2.31. The van der Waals surface area contributed by atoms with Crippen LogP contribution in [0.5, 0.6) is 0 Å². The van der Waals surface area contributed by atoms with Gasteiger partial charge in [-0.2, -0.15) is 4.58 Å². The van der Waals surface area contributed by atoms with Crippen LogP contribution >= 0.6 is 0 Å². The van der Waals surface area contributed by atoms with Gasteiger partial charge in [-0.15, -0.1) is 0 Å². The Morgan fingerprint density at radius 2 is 1.29 bits per heavy atom. The molecule has 26 heteroatoms. The average molecular weight is 1040 g/mol. The number of hydrogen-bond acceptors (Lipinski definition) is 19. The second-order valence-corrected chi connectivity index (χ2v) is 24.0. The van der Waals surface area contributed by atoms with E-state index in [4.69, 9.17) is 10.6 Å². The van der Waals surface area contributed by atoms with Crippen molar-refractivity contribution in [2.24, 2.45) is 5.84 Å². The highest BCUT2D eigenvalue weighted by atomic mass is 32.2. The van der Waals surface area contributed by atoms with E-state index in [1.54, 1.807) is 50.0 Å². The van der Waals surface area contributed by atoms with Crippen molar-refractivity contribution >= 4 is 95.1 Å². The van der Waals surface area contributed by atoms with Gasteiger partial charge in [0.2, 0.25) is 11.6 Å². The van der Waals surface area contributed by atoms with Gasteiger partial charge in [0, 0.05) is 72.1 Å². The van der Waals surface area contributed by atoms with Gasteiger partial charge in [0.1, 0.15) is 47.0 Å². The number of benzene rings is 4. The summed E-state index contributed by atoms with van der Waals surface area (Å²) in [6.07, 6.45) is 6.08. The van der Waals surface area contributed by atoms with E-state index in [0.717, 1.165) is 12.1 Å². The second-order valence-electron chi connectivity index (χ2n) is 17.1. The Morgan fingerprint density at radius 3 is 1.81 bits per heavy atom. The molecule has 1 amide bonds. The monoisotopic (exact) mass is 1040 g/mol. The molecule has 0 saturated heterocycles. The smallest absolute Gasteiger partial charge is 0.233 e. The van der Waals surface area contributed by atoms with Gasteiger partial charge in [-0.3, -0.25) is 10.2 Å². The number of fused-ring (bicyclic) bond motifs is 6. The molecule has 0 spiro atoms. The Bertz CT molecular complexity index is 3420. The Kier molecular flexibility index (Phi) is 14.6. The number of hydrogen-bond donors (Lipinski definition) is 2. The van der Waals surface area contributed by atoms with Crippen molar-refractivity contribution in [2.45, 2.75) is 89.7 Å². The topological polar surface area (TPSA) is 357 Å². The van der Waals surface area contributed by atoms with Crippen LogP contribution < -0.4 is 16.2 Å². The first-order chi connectivity index (χ1) is 31.4. The molecule has 2 aliphatic rings. The molecule has 0 fully saturated rings. The quantitative estimate of drug-likeness (QED) is 0.0340. The summed E-state index contributed by atoms with van der Waals surface area (Å²) in [5, 5.41) is -0.501. The minimum Gasteiger partial charge on any atom is -0.748 e. The zero-order chi connectivity index (χ0) is 50.6. The molecule has 4 aromatic carbocycles. The maximum atomic E-state index is 12.6. The maximum Gasteiger partial charge on any atom is 0.233 e. The lowest BCUT2D eigenvalue weighted by Crippen LogP contribution is -2.31. The molecular weight excluding hydrogens is 993 g/mol. The molecule has 1 atom stereocenters. The van der Waals surface area contributed by atoms with Crippen LogP contribution in [0.1, 0.15) is 70.4 Å². The zero-order valence-electron chi connectivity index (χ0n) is 36.9. The van der Waals surface area contributed by atoms with Crippen molar-refractivity contribution in [3.05, 3.63) is 83.6 Å². The molecule has 6 rings (SSSR count). The molecule has 3 N–H and O–H groups in total. The zero-order valence-corrected chi connectivity index (χ0v) is 41.0. The van der Waals surface area contributed by atoms with E-state index < -0.39 is 86.8 Å². The highest BCUT2D eigenvalue weighted by Gasteiger charge is 2.47. The predicted octanol–water partition coefficient (Wildman–Crippen LogP) is 2.73. The molecule has 2 heterocycles. The summed E-state index contributed by atoms with van der Waals surface area (Å²) in [5.74, 6) is 4.02. The van der Waals surface area contributed by atoms with Gasteiger partial charge in [0.05, 0.1) is 41.7 Å². The van der Waals surface area contributed by atoms with Gasteiger partial charge < -0.3 is 32.4 Å². The number of nitrogens with two attached hydrogens (primary N) is 1. The summed E-state index contributed by atoms with van der Waals surface area (Å²) >= 11 is 0. The van der Waals surface area contributed by atoms with Crippen molar-refractivity contribution in [1.29, 1.82) is 0 Å². The number of nitrogens with one attached hydrogen (secondary N) is 1. The molecule has 0 bridgehead atoms. The Hall–Kier alpha value is -4.71. The first kappa shape index (κ1) is 52.7. The fraction of sp³-hybridized carbons (Fsp3) is 0.381. The molecule has 0 aliphatic carbocycles. The van der Waals surface area contributed by atoms with Crippen LogP contribution in [-0.4, -0.2) is 114 Å². The van der Waals surface area contributed by atoms with E-state index in [-0.39, 0.29) is 72.0 Å². The van der Waals surface area contributed by atoms with Crippen molar-refractivity contribution in [1.82, 2.24) is 5.43 Å². The minimum absolute atomic E-state index is 0.00564. The van der Waals surface area contributed by atoms with Crippen molar-refractivity contribution < 1.29 is 79.0 Å². The summed E-state index contributed by atoms with van der Waals surface area (Å²) in [5.41, 5.74) is 1.76. The summed E-state index contributed by atoms with van der Waals surface area (Å²) in [6.45, 7) is 5.53. The normalized spacial score (nSPS) is 18.3. The second kappa shape index (κ2) is 18.9. The van der Waals surface area contributed by atoms with E-state index in [0.29, 0.717) is 59.7 Å². The van der Waals surface area contributed by atoms with E-state index in [1.807, 2.05) is 4.58 Å². The van der Waals surface area contributed by atoms with E-state index >= 15 is 0 Å². The third-order valence-corrected chi connectivity index (χ3v) is 16.5. The first-order valence-corrected chi connectivity index (χ1v) is 27.9. The molecule has 68 heavy (non-hydrogen) atoms. The van der Waals surface area contributed by atoms with E-state index in [1.165, 1.54) is 25.3 Å². The summed E-state index contributed by atoms with van der Waals surface area (Å²) in [4.78, 5) is 9.68. The van der Waals surface area contributed by atoms with E-state index in [9.17, 15) is 69.6 Å². The van der Waals surface area contributed by atoms with Crippen LogP contribution in [0, 0.1) is 0 Å². The van der Waals surface area contributed by atoms with Gasteiger partial charge >= 0.3 is 0 Å². The number of ether oxygens (including phenoxy) is 1. The van der Waals surface area contributed by atoms with Gasteiger partial charge in [0.25, 0.3) is 0 Å². The number of hydrazine groups is 1. The minimum atomic E-state index is -5.41. The summed E-state index contributed by atoms with van der Waals surface area (Å²) < 4.78 is 193. The third-order valence-electron chi connectivity index (χ3n) is 12.3. The number of unbranched alkanes of at least 4 members (excludes halogenated alkanes) is 2. The average Bonchev–Trinajstić information content (AvgIpc) is 3.59. The Morgan fingerprint density at radius 1 is 0.735 bits per heavy atom. The molecule has 1 unspecified atom stereocenters. The number of rotatable bonds is 19. The largest absolute Gasteiger partial charge is 0.748 e. The van der Waals surface area contributed by atoms with Crippen molar-refractivity contribution in [3.8, 4) is 0 Å². The lowest BCUT2D eigenvalue weighted by molar-refractivity contribution is -0.438. The van der Waals surface area contributed by atoms with E-state index in [2.05, 4.69) is 5.43 Å². The Balaban J connectivity index is 1.61. The van der Waals surface area contributed by atoms with Gasteiger partial charge in [-0.1, -0.05) is 12.1 Å². The molecule has 21 nitrogen and oxygen atoms in total. The molecule has 0 saturated carbocycles. The number of allylic oxidation sites excluding steroid dienone is 4. The molecular formula is C42H46N4O17S5-4. The Labute approximate surface area is 394 Å². The number of carbonyl (C=O) groups is 1. The summed E-state index contributed by atoms with van der Waals surface area (Å²) in [7, 11) is -24.8. The van der Waals surface area contributed by atoms with Gasteiger partial charge in [0.15, 0.2) is 5.71 Å². The number of amides is 1. The maximum absolute atomic E-state index is 12.6. The lowest BCUT2D eigenvalue weighted by atomic mass is 9.75. The highest BCUT2D eigenvalue weighted by Crippen LogP contribution is 2.54. The molecule has 2 aliphatic heterocycles. The fourth-order valence-corrected chi connectivity index (χ4v) is 12.5. The molecule has 0 radical (unpaired) electrons. The van der Waals surface area contributed by atoms with Gasteiger partial charge in [-0.25, -0.2) is 47.9 Å². The first-order valence-electron chi connectivity index (χ1n) is 20.7. The van der Waals surface area contributed by atoms with Gasteiger partial charge in [-0.05, 0) is 111 Å². The van der Waals surface area contributed by atoms with Crippen molar-refractivity contribution in [2.75, 3.05) is 37.5 Å².